The molecule has 1 heterocycles. The van der Waals surface area contributed by atoms with Crippen LogP contribution in [-0.4, -0.2) is 11.0 Å². The van der Waals surface area contributed by atoms with Crippen LogP contribution in [0.25, 0.3) is 10.9 Å². The first-order valence-electron chi connectivity index (χ1n) is 5.56. The van der Waals surface area contributed by atoms with Crippen molar-refractivity contribution < 1.29 is 0 Å². The molecule has 1 fully saturated rings. The van der Waals surface area contributed by atoms with Gasteiger partial charge in [-0.2, -0.15) is 0 Å². The highest BCUT2D eigenvalue weighted by Crippen LogP contribution is 2.27. The normalized spacial score (nSPS) is 15.4. The highest BCUT2D eigenvalue weighted by Gasteiger charge is 2.21. The summed E-state index contributed by atoms with van der Waals surface area (Å²) >= 11 is 5.98. The first-order valence-corrected chi connectivity index (χ1v) is 5.93. The summed E-state index contributed by atoms with van der Waals surface area (Å²) in [4.78, 5) is 4.58. The maximum atomic E-state index is 5.98. The Morgan fingerprint density at radius 2 is 2.12 bits per heavy atom. The van der Waals surface area contributed by atoms with E-state index in [1.807, 2.05) is 18.2 Å². The number of aromatic nitrogens is 1. The van der Waals surface area contributed by atoms with Gasteiger partial charge in [0.15, 0.2) is 0 Å². The number of benzene rings is 1. The number of hydrogen-bond donors (Lipinski definition) is 1. The lowest BCUT2D eigenvalue weighted by atomic mass is 10.1. The van der Waals surface area contributed by atoms with E-state index >= 15 is 0 Å². The summed E-state index contributed by atoms with van der Waals surface area (Å²) in [5, 5.41) is 5.32. The molecule has 1 aromatic heterocycles. The number of fused-ring (bicyclic) bond motifs is 1. The molecule has 0 spiro atoms. The zero-order valence-corrected chi connectivity index (χ0v) is 9.88. The Hall–Kier alpha value is -1.28. The van der Waals surface area contributed by atoms with Gasteiger partial charge in [0.25, 0.3) is 0 Å². The summed E-state index contributed by atoms with van der Waals surface area (Å²) < 4.78 is 0. The lowest BCUT2D eigenvalue weighted by molar-refractivity contribution is 1.12. The van der Waals surface area contributed by atoms with Gasteiger partial charge in [0.2, 0.25) is 0 Å². The fraction of sp³-hybridized carbons (Fsp3) is 0.308. The molecule has 3 rings (SSSR count). The van der Waals surface area contributed by atoms with Crippen molar-refractivity contribution in [1.29, 1.82) is 0 Å². The van der Waals surface area contributed by atoms with E-state index in [0.717, 1.165) is 16.4 Å². The summed E-state index contributed by atoms with van der Waals surface area (Å²) in [7, 11) is 0. The maximum Gasteiger partial charge on any atom is 0.127 e. The number of aryl methyl sites for hydroxylation is 1. The van der Waals surface area contributed by atoms with Crippen molar-refractivity contribution in [2.45, 2.75) is 25.8 Å². The van der Waals surface area contributed by atoms with E-state index in [2.05, 4.69) is 23.3 Å². The number of nitrogens with one attached hydrogen (secondary N) is 1. The van der Waals surface area contributed by atoms with Crippen LogP contribution in [0.4, 0.5) is 5.82 Å². The van der Waals surface area contributed by atoms with Crippen LogP contribution < -0.4 is 5.32 Å². The fourth-order valence-corrected chi connectivity index (χ4v) is 2.05. The average Bonchev–Trinajstić information content (AvgIpc) is 3.00. The van der Waals surface area contributed by atoms with Crippen LogP contribution in [-0.2, 0) is 0 Å². The van der Waals surface area contributed by atoms with Gasteiger partial charge in [-0.3, -0.25) is 0 Å². The molecular weight excluding hydrogens is 220 g/mol. The SMILES string of the molecule is Cc1cc(NC2CC2)nc2cc(Cl)ccc12. The van der Waals surface area contributed by atoms with Crippen molar-refractivity contribution in [2.24, 2.45) is 0 Å². The van der Waals surface area contributed by atoms with Crippen molar-refractivity contribution in [1.82, 2.24) is 4.98 Å². The molecule has 1 aliphatic rings. The van der Waals surface area contributed by atoms with Crippen LogP contribution in [0.1, 0.15) is 18.4 Å². The molecule has 0 bridgehead atoms. The van der Waals surface area contributed by atoms with E-state index in [4.69, 9.17) is 11.6 Å². The molecule has 0 saturated heterocycles. The van der Waals surface area contributed by atoms with Crippen LogP contribution in [0.15, 0.2) is 24.3 Å². The molecule has 2 aromatic rings. The van der Waals surface area contributed by atoms with Crippen molar-refractivity contribution >= 4 is 28.3 Å². The quantitative estimate of drug-likeness (QED) is 0.853. The summed E-state index contributed by atoms with van der Waals surface area (Å²) in [6.07, 6.45) is 2.52. The van der Waals surface area contributed by atoms with E-state index < -0.39 is 0 Å². The number of pyridine rings is 1. The highest BCUT2D eigenvalue weighted by atomic mass is 35.5. The van der Waals surface area contributed by atoms with Gasteiger partial charge in [0.1, 0.15) is 5.82 Å². The maximum absolute atomic E-state index is 5.98. The molecule has 1 aliphatic carbocycles. The van der Waals surface area contributed by atoms with Gasteiger partial charge in [0, 0.05) is 16.5 Å². The second-order valence-corrected chi connectivity index (χ2v) is 4.84. The number of anilines is 1. The van der Waals surface area contributed by atoms with Crippen LogP contribution in [0, 0.1) is 6.92 Å². The van der Waals surface area contributed by atoms with E-state index in [1.54, 1.807) is 0 Å². The van der Waals surface area contributed by atoms with E-state index in [9.17, 15) is 0 Å². The Labute approximate surface area is 99.6 Å². The number of hydrogen-bond acceptors (Lipinski definition) is 2. The third-order valence-electron chi connectivity index (χ3n) is 2.91. The third kappa shape index (κ3) is 1.85. The van der Waals surface area contributed by atoms with E-state index in [-0.39, 0.29) is 0 Å². The van der Waals surface area contributed by atoms with Crippen molar-refractivity contribution in [3.8, 4) is 0 Å². The smallest absolute Gasteiger partial charge is 0.127 e. The molecule has 16 heavy (non-hydrogen) atoms. The summed E-state index contributed by atoms with van der Waals surface area (Å²) in [6, 6.07) is 8.59. The summed E-state index contributed by atoms with van der Waals surface area (Å²) in [5.41, 5.74) is 2.21. The highest BCUT2D eigenvalue weighted by molar-refractivity contribution is 6.31. The monoisotopic (exact) mass is 232 g/mol. The van der Waals surface area contributed by atoms with Crippen LogP contribution in [0.2, 0.25) is 5.02 Å². The molecule has 0 radical (unpaired) electrons. The van der Waals surface area contributed by atoms with Gasteiger partial charge in [-0.05, 0) is 43.5 Å². The van der Waals surface area contributed by atoms with Gasteiger partial charge in [-0.25, -0.2) is 4.98 Å². The van der Waals surface area contributed by atoms with Gasteiger partial charge in [0.05, 0.1) is 5.52 Å². The van der Waals surface area contributed by atoms with Gasteiger partial charge >= 0.3 is 0 Å². The molecule has 0 amide bonds. The van der Waals surface area contributed by atoms with Crippen LogP contribution >= 0.6 is 11.6 Å². The average molecular weight is 233 g/mol. The van der Waals surface area contributed by atoms with Crippen molar-refractivity contribution in [3.05, 3.63) is 34.9 Å². The summed E-state index contributed by atoms with van der Waals surface area (Å²) in [6.45, 7) is 2.11. The standard InChI is InChI=1S/C13H13ClN2/c1-8-6-13(15-10-3-4-10)16-12-7-9(14)2-5-11(8)12/h2,5-7,10H,3-4H2,1H3,(H,15,16). The second-order valence-electron chi connectivity index (χ2n) is 4.40. The zero-order chi connectivity index (χ0) is 11.1. The molecular formula is C13H13ClN2. The minimum atomic E-state index is 0.628. The topological polar surface area (TPSA) is 24.9 Å². The predicted molar refractivity (Wildman–Crippen MR) is 68.1 cm³/mol. The summed E-state index contributed by atoms with van der Waals surface area (Å²) in [5.74, 6) is 0.967. The number of nitrogens with zero attached hydrogens (tertiary/aromatic N) is 1. The van der Waals surface area contributed by atoms with Gasteiger partial charge in [-0.15, -0.1) is 0 Å². The van der Waals surface area contributed by atoms with Crippen LogP contribution in [0.5, 0.6) is 0 Å². The first-order chi connectivity index (χ1) is 7.72. The lowest BCUT2D eigenvalue weighted by Gasteiger charge is -2.08. The van der Waals surface area contributed by atoms with E-state index in [0.29, 0.717) is 6.04 Å². The van der Waals surface area contributed by atoms with Crippen molar-refractivity contribution in [3.63, 3.8) is 0 Å². The third-order valence-corrected chi connectivity index (χ3v) is 3.14. The molecule has 0 atom stereocenters. The Kier molecular flexibility index (Phi) is 2.25. The Morgan fingerprint density at radius 3 is 2.88 bits per heavy atom. The molecule has 1 saturated carbocycles. The molecule has 1 N–H and O–H groups in total. The largest absolute Gasteiger partial charge is 0.367 e. The molecule has 1 aromatic carbocycles. The molecule has 2 nitrogen and oxygen atoms in total. The predicted octanol–water partition coefficient (Wildman–Crippen LogP) is 3.77. The second kappa shape index (κ2) is 3.63. The molecule has 0 aliphatic heterocycles. The first kappa shape index (κ1) is 9.91. The Balaban J connectivity index is 2.10. The Bertz CT molecular complexity index is 547. The zero-order valence-electron chi connectivity index (χ0n) is 9.13. The minimum Gasteiger partial charge on any atom is -0.367 e. The molecule has 0 unspecified atom stereocenters. The van der Waals surface area contributed by atoms with E-state index in [1.165, 1.54) is 23.8 Å². The van der Waals surface area contributed by atoms with Gasteiger partial charge < -0.3 is 5.32 Å². The number of rotatable bonds is 2. The Morgan fingerprint density at radius 1 is 1.31 bits per heavy atom. The van der Waals surface area contributed by atoms with Crippen molar-refractivity contribution in [2.75, 3.05) is 5.32 Å². The fourth-order valence-electron chi connectivity index (χ4n) is 1.89. The van der Waals surface area contributed by atoms with Crippen LogP contribution in [0.3, 0.4) is 0 Å². The number of halogens is 1. The molecule has 82 valence electrons. The molecule has 3 heteroatoms. The lowest BCUT2D eigenvalue weighted by Crippen LogP contribution is -2.03. The van der Waals surface area contributed by atoms with Gasteiger partial charge in [-0.1, -0.05) is 17.7 Å². The minimum absolute atomic E-state index is 0.628.